The maximum absolute atomic E-state index is 11.6. The van der Waals surface area contributed by atoms with E-state index < -0.39 is 18.4 Å². The predicted molar refractivity (Wildman–Crippen MR) is 79.0 cm³/mol. The van der Waals surface area contributed by atoms with Gasteiger partial charge in [-0.05, 0) is 30.7 Å². The summed E-state index contributed by atoms with van der Waals surface area (Å²) in [7, 11) is 0. The van der Waals surface area contributed by atoms with Crippen molar-refractivity contribution in [1.29, 1.82) is 5.26 Å². The van der Waals surface area contributed by atoms with Gasteiger partial charge in [0.15, 0.2) is 6.61 Å². The van der Waals surface area contributed by atoms with E-state index in [0.29, 0.717) is 5.02 Å². The molecule has 5 nitrogen and oxygen atoms in total. The highest BCUT2D eigenvalue weighted by Gasteiger charge is 2.13. The first-order valence-electron chi connectivity index (χ1n) is 5.94. The van der Waals surface area contributed by atoms with Crippen LogP contribution in [0, 0.1) is 11.3 Å². The molecule has 0 aromatic heterocycles. The topological polar surface area (TPSA) is 93.2 Å². The first-order valence-corrected chi connectivity index (χ1v) is 6.32. The molecule has 0 saturated carbocycles. The Labute approximate surface area is 127 Å². The molecule has 0 bridgehead atoms. The van der Waals surface area contributed by atoms with E-state index >= 15 is 0 Å². The summed E-state index contributed by atoms with van der Waals surface area (Å²) in [5.74, 6) is -1.34. The number of nitrogens with zero attached hydrogens (tertiary/aromatic N) is 1. The molecule has 1 rings (SSSR count). The highest BCUT2D eigenvalue weighted by Crippen LogP contribution is 2.11. The summed E-state index contributed by atoms with van der Waals surface area (Å²) in [6.45, 7) is 0.896. The summed E-state index contributed by atoms with van der Waals surface area (Å²) in [4.78, 5) is 23.0. The molecule has 0 saturated heterocycles. The van der Waals surface area contributed by atoms with E-state index in [1.54, 1.807) is 30.3 Å². The minimum Gasteiger partial charge on any atom is -0.454 e. The largest absolute Gasteiger partial charge is 0.454 e. The molecule has 0 aliphatic heterocycles. The van der Waals surface area contributed by atoms with Crippen molar-refractivity contribution < 1.29 is 14.3 Å². The molecule has 0 atom stereocenters. The average Bonchev–Trinajstić information content (AvgIpc) is 2.43. The second-order valence-corrected chi connectivity index (χ2v) is 4.53. The number of benzene rings is 1. The van der Waals surface area contributed by atoms with Crippen molar-refractivity contribution in [2.24, 2.45) is 5.73 Å². The van der Waals surface area contributed by atoms with Gasteiger partial charge in [-0.2, -0.15) is 5.26 Å². The van der Waals surface area contributed by atoms with Crippen LogP contribution in [0.15, 0.2) is 41.6 Å². The van der Waals surface area contributed by atoms with Crippen molar-refractivity contribution in [1.82, 2.24) is 0 Å². The van der Waals surface area contributed by atoms with Crippen LogP contribution < -0.4 is 5.73 Å². The maximum atomic E-state index is 11.6. The summed E-state index contributed by atoms with van der Waals surface area (Å²) in [5.41, 5.74) is 5.98. The molecule has 108 valence electrons. The summed E-state index contributed by atoms with van der Waals surface area (Å²) >= 11 is 5.80. The standard InChI is InChI=1S/C15H13ClN2O3/c1-10(18)13(8-17)14(19)9-21-15(20)6-5-11-3-2-4-12(16)7-11/h2-7H,9,18H2,1H3. The van der Waals surface area contributed by atoms with Crippen LogP contribution in [0.25, 0.3) is 6.08 Å². The van der Waals surface area contributed by atoms with Crippen LogP contribution in [-0.4, -0.2) is 18.4 Å². The molecule has 1 aromatic rings. The zero-order valence-corrected chi connectivity index (χ0v) is 12.1. The zero-order chi connectivity index (χ0) is 15.8. The number of Topliss-reactive ketones (excluding diaryl/α,β-unsaturated/α-hetero) is 1. The van der Waals surface area contributed by atoms with Gasteiger partial charge in [0.25, 0.3) is 0 Å². The second kappa shape index (κ2) is 7.88. The molecule has 0 unspecified atom stereocenters. The van der Waals surface area contributed by atoms with E-state index in [2.05, 4.69) is 0 Å². The predicted octanol–water partition coefficient (Wildman–Crippen LogP) is 2.22. The van der Waals surface area contributed by atoms with Crippen LogP contribution in [0.3, 0.4) is 0 Å². The molecule has 6 heteroatoms. The Morgan fingerprint density at radius 2 is 2.19 bits per heavy atom. The Kier molecular flexibility index (Phi) is 6.18. The van der Waals surface area contributed by atoms with Gasteiger partial charge in [0.05, 0.1) is 0 Å². The molecule has 0 spiro atoms. The van der Waals surface area contributed by atoms with E-state index in [9.17, 15) is 9.59 Å². The van der Waals surface area contributed by atoms with Gasteiger partial charge in [-0.3, -0.25) is 4.79 Å². The van der Waals surface area contributed by atoms with Crippen LogP contribution in [0.5, 0.6) is 0 Å². The molecule has 0 heterocycles. The van der Waals surface area contributed by atoms with E-state index in [1.165, 1.54) is 19.1 Å². The van der Waals surface area contributed by atoms with E-state index in [4.69, 9.17) is 27.3 Å². The lowest BCUT2D eigenvalue weighted by Crippen LogP contribution is -2.16. The van der Waals surface area contributed by atoms with Crippen molar-refractivity contribution in [3.8, 4) is 6.07 Å². The number of hydrogen-bond acceptors (Lipinski definition) is 5. The number of rotatable bonds is 5. The molecular formula is C15H13ClN2O3. The fourth-order valence-electron chi connectivity index (χ4n) is 1.40. The van der Waals surface area contributed by atoms with Gasteiger partial charge in [-0.25, -0.2) is 4.79 Å². The highest BCUT2D eigenvalue weighted by molar-refractivity contribution is 6.30. The minimum absolute atomic E-state index is 0.0908. The number of nitriles is 1. The molecular weight excluding hydrogens is 292 g/mol. The number of ketones is 1. The summed E-state index contributed by atoms with van der Waals surface area (Å²) in [5, 5.41) is 9.28. The van der Waals surface area contributed by atoms with Gasteiger partial charge >= 0.3 is 5.97 Å². The van der Waals surface area contributed by atoms with Crippen molar-refractivity contribution in [3.05, 3.63) is 52.2 Å². The third-order valence-corrected chi connectivity index (χ3v) is 2.63. The fourth-order valence-corrected chi connectivity index (χ4v) is 1.60. The normalized spacial score (nSPS) is 11.7. The van der Waals surface area contributed by atoms with Crippen LogP contribution in [-0.2, 0) is 14.3 Å². The molecule has 0 aliphatic rings. The third-order valence-electron chi connectivity index (χ3n) is 2.39. The lowest BCUT2D eigenvalue weighted by atomic mass is 10.1. The van der Waals surface area contributed by atoms with Gasteiger partial charge < -0.3 is 10.5 Å². The maximum Gasteiger partial charge on any atom is 0.331 e. The highest BCUT2D eigenvalue weighted by atomic mass is 35.5. The van der Waals surface area contributed by atoms with Gasteiger partial charge in [-0.15, -0.1) is 0 Å². The summed E-state index contributed by atoms with van der Waals surface area (Å²) in [6, 6.07) is 8.55. The second-order valence-electron chi connectivity index (χ2n) is 4.09. The van der Waals surface area contributed by atoms with Gasteiger partial charge in [-0.1, -0.05) is 23.7 Å². The van der Waals surface area contributed by atoms with E-state index in [0.717, 1.165) is 5.56 Å². The molecule has 0 fully saturated rings. The van der Waals surface area contributed by atoms with Crippen molar-refractivity contribution in [2.75, 3.05) is 6.61 Å². The quantitative estimate of drug-likeness (QED) is 0.511. The molecule has 21 heavy (non-hydrogen) atoms. The van der Waals surface area contributed by atoms with Crippen LogP contribution >= 0.6 is 11.6 Å². The van der Waals surface area contributed by atoms with Crippen LogP contribution in [0.4, 0.5) is 0 Å². The number of hydrogen-bond donors (Lipinski definition) is 1. The van der Waals surface area contributed by atoms with Crippen LogP contribution in [0.1, 0.15) is 12.5 Å². The summed E-state index contributed by atoms with van der Waals surface area (Å²) < 4.78 is 4.74. The van der Waals surface area contributed by atoms with Gasteiger partial charge in [0.2, 0.25) is 5.78 Å². The van der Waals surface area contributed by atoms with E-state index in [-0.39, 0.29) is 11.3 Å². The van der Waals surface area contributed by atoms with Crippen molar-refractivity contribution in [2.45, 2.75) is 6.92 Å². The number of carbonyl (C=O) groups excluding carboxylic acids is 2. The van der Waals surface area contributed by atoms with Gasteiger partial charge in [0, 0.05) is 16.8 Å². The average molecular weight is 305 g/mol. The SMILES string of the molecule is CC(N)=C(C#N)C(=O)COC(=O)C=Cc1cccc(Cl)c1. The molecule has 0 amide bonds. The Hall–Kier alpha value is -2.58. The fraction of sp³-hybridized carbons (Fsp3) is 0.133. The lowest BCUT2D eigenvalue weighted by molar-refractivity contribution is -0.141. The van der Waals surface area contributed by atoms with Gasteiger partial charge in [0.1, 0.15) is 11.6 Å². The minimum atomic E-state index is -0.699. The monoisotopic (exact) mass is 304 g/mol. The number of halogens is 1. The number of esters is 1. The first kappa shape index (κ1) is 16.5. The molecule has 2 N–H and O–H groups in total. The van der Waals surface area contributed by atoms with Crippen molar-refractivity contribution in [3.63, 3.8) is 0 Å². The summed E-state index contributed by atoms with van der Waals surface area (Å²) in [6.07, 6.45) is 2.68. The first-order chi connectivity index (χ1) is 9.93. The lowest BCUT2D eigenvalue weighted by Gasteiger charge is -2.01. The number of carbonyl (C=O) groups is 2. The number of ether oxygens (including phenoxy) is 1. The Morgan fingerprint density at radius 3 is 2.76 bits per heavy atom. The molecule has 0 radical (unpaired) electrons. The van der Waals surface area contributed by atoms with Crippen LogP contribution in [0.2, 0.25) is 5.02 Å². The molecule has 0 aliphatic carbocycles. The van der Waals surface area contributed by atoms with Crippen molar-refractivity contribution >= 4 is 29.4 Å². The number of allylic oxidation sites excluding steroid dienone is 1. The third kappa shape index (κ3) is 5.51. The number of nitrogens with two attached hydrogens (primary N) is 1. The Morgan fingerprint density at radius 1 is 1.48 bits per heavy atom. The molecule has 1 aromatic carbocycles. The zero-order valence-electron chi connectivity index (χ0n) is 11.3. The smallest absolute Gasteiger partial charge is 0.331 e. The van der Waals surface area contributed by atoms with E-state index in [1.807, 2.05) is 0 Å². The Bertz CT molecular complexity index is 653. The Balaban J connectivity index is 2.58.